The largest absolute Gasteiger partial charge is 0.387 e. The lowest BCUT2D eigenvalue weighted by atomic mass is 10.1. The molecule has 1 aliphatic carbocycles. The van der Waals surface area contributed by atoms with Gasteiger partial charge in [0.1, 0.15) is 0 Å². The van der Waals surface area contributed by atoms with Gasteiger partial charge in [-0.05, 0) is 37.8 Å². The highest BCUT2D eigenvalue weighted by molar-refractivity contribution is 7.16. The van der Waals surface area contributed by atoms with Crippen LogP contribution in [0.5, 0.6) is 0 Å². The Hall–Kier alpha value is -0.310. The van der Waals surface area contributed by atoms with Gasteiger partial charge in [0, 0.05) is 4.88 Å². The topological polar surface area (TPSA) is 20.2 Å². The first kappa shape index (κ1) is 10.2. The van der Waals surface area contributed by atoms with Crippen molar-refractivity contribution in [1.29, 1.82) is 0 Å². The van der Waals surface area contributed by atoms with E-state index in [0.29, 0.717) is 0 Å². The zero-order chi connectivity index (χ0) is 9.97. The van der Waals surface area contributed by atoms with E-state index < -0.39 is 0 Å². The van der Waals surface area contributed by atoms with Crippen molar-refractivity contribution in [2.75, 3.05) is 0 Å². The molecule has 0 radical (unpaired) electrons. The molecule has 76 valence electrons. The highest BCUT2D eigenvalue weighted by Crippen LogP contribution is 2.32. The van der Waals surface area contributed by atoms with Gasteiger partial charge in [-0.3, -0.25) is 0 Å². The third-order valence-electron chi connectivity index (χ3n) is 2.51. The van der Waals surface area contributed by atoms with E-state index in [0.717, 1.165) is 22.1 Å². The van der Waals surface area contributed by atoms with Crippen LogP contribution in [0.1, 0.15) is 36.7 Å². The van der Waals surface area contributed by atoms with Crippen LogP contribution in [0.2, 0.25) is 4.34 Å². The molecule has 1 heterocycles. The lowest BCUT2D eigenvalue weighted by Gasteiger charge is -2.08. The van der Waals surface area contributed by atoms with Crippen molar-refractivity contribution in [3.63, 3.8) is 0 Å². The first-order valence-corrected chi connectivity index (χ1v) is 6.06. The highest BCUT2D eigenvalue weighted by Gasteiger charge is 2.14. The van der Waals surface area contributed by atoms with Gasteiger partial charge in [-0.2, -0.15) is 0 Å². The Morgan fingerprint density at radius 1 is 1.50 bits per heavy atom. The van der Waals surface area contributed by atoms with Gasteiger partial charge >= 0.3 is 0 Å². The second-order valence-corrected chi connectivity index (χ2v) is 5.36. The number of rotatable bonds is 3. The molecule has 0 spiro atoms. The van der Waals surface area contributed by atoms with Crippen molar-refractivity contribution >= 4 is 22.9 Å². The summed E-state index contributed by atoms with van der Waals surface area (Å²) in [6.07, 6.45) is 6.23. The van der Waals surface area contributed by atoms with Crippen molar-refractivity contribution in [3.05, 3.63) is 33.0 Å². The quantitative estimate of drug-likeness (QED) is 0.778. The van der Waals surface area contributed by atoms with E-state index in [9.17, 15) is 5.11 Å². The molecular formula is C11H13ClOS. The fourth-order valence-electron chi connectivity index (χ4n) is 1.78. The Bertz CT molecular complexity index is 343. The minimum absolute atomic E-state index is 0.364. The number of aliphatic hydroxyl groups is 1. The Labute approximate surface area is 93.0 Å². The molecule has 0 amide bonds. The van der Waals surface area contributed by atoms with Crippen LogP contribution in [-0.2, 0) is 0 Å². The van der Waals surface area contributed by atoms with E-state index in [1.165, 1.54) is 29.8 Å². The van der Waals surface area contributed by atoms with Crippen molar-refractivity contribution in [3.8, 4) is 0 Å². The lowest BCUT2D eigenvalue weighted by molar-refractivity contribution is 0.181. The van der Waals surface area contributed by atoms with E-state index in [4.69, 9.17) is 11.6 Å². The number of hydrogen-bond donors (Lipinski definition) is 1. The molecule has 14 heavy (non-hydrogen) atoms. The monoisotopic (exact) mass is 228 g/mol. The summed E-state index contributed by atoms with van der Waals surface area (Å²) in [5.74, 6) is 0. The normalized spacial score (nSPS) is 18.3. The summed E-state index contributed by atoms with van der Waals surface area (Å²) < 4.78 is 0.749. The van der Waals surface area contributed by atoms with Crippen molar-refractivity contribution in [2.45, 2.75) is 31.8 Å². The molecule has 1 atom stereocenters. The van der Waals surface area contributed by atoms with Crippen LogP contribution in [0, 0.1) is 0 Å². The summed E-state index contributed by atoms with van der Waals surface area (Å²) in [6, 6.07) is 3.75. The zero-order valence-corrected chi connectivity index (χ0v) is 9.44. The number of aliphatic hydroxyl groups excluding tert-OH is 1. The van der Waals surface area contributed by atoms with Crippen LogP contribution in [0.25, 0.3) is 0 Å². The molecule has 3 heteroatoms. The van der Waals surface area contributed by atoms with E-state index >= 15 is 0 Å². The molecule has 1 aliphatic rings. The number of thiophene rings is 1. The second kappa shape index (κ2) is 4.47. The molecule has 1 aromatic rings. The number of halogens is 1. The van der Waals surface area contributed by atoms with E-state index in [1.54, 1.807) is 0 Å². The predicted molar refractivity (Wildman–Crippen MR) is 60.8 cm³/mol. The molecule has 1 aromatic heterocycles. The Morgan fingerprint density at radius 3 is 2.93 bits per heavy atom. The first-order valence-electron chi connectivity index (χ1n) is 4.87. The Kier molecular flexibility index (Phi) is 3.26. The SMILES string of the molecule is OC(CC1=CCCC1)c1ccc(Cl)s1. The number of allylic oxidation sites excluding steroid dienone is 1. The summed E-state index contributed by atoms with van der Waals surface area (Å²) in [7, 11) is 0. The van der Waals surface area contributed by atoms with Crippen LogP contribution in [0.4, 0.5) is 0 Å². The van der Waals surface area contributed by atoms with Crippen LogP contribution in [0.3, 0.4) is 0 Å². The standard InChI is InChI=1S/C11H13ClOS/c12-11-6-5-10(14-11)9(13)7-8-3-1-2-4-8/h3,5-6,9,13H,1-2,4,7H2. The molecular weight excluding hydrogens is 216 g/mol. The molecule has 2 rings (SSSR count). The van der Waals surface area contributed by atoms with Crippen molar-refractivity contribution in [2.24, 2.45) is 0 Å². The zero-order valence-electron chi connectivity index (χ0n) is 7.87. The van der Waals surface area contributed by atoms with Gasteiger partial charge in [0.25, 0.3) is 0 Å². The van der Waals surface area contributed by atoms with Gasteiger partial charge in [-0.1, -0.05) is 23.3 Å². The fraction of sp³-hybridized carbons (Fsp3) is 0.455. The summed E-state index contributed by atoms with van der Waals surface area (Å²) >= 11 is 7.28. The molecule has 0 aliphatic heterocycles. The maximum atomic E-state index is 9.91. The summed E-state index contributed by atoms with van der Waals surface area (Å²) in [4.78, 5) is 0.975. The smallest absolute Gasteiger partial charge is 0.0932 e. The second-order valence-electron chi connectivity index (χ2n) is 3.62. The van der Waals surface area contributed by atoms with Gasteiger partial charge in [0.2, 0.25) is 0 Å². The van der Waals surface area contributed by atoms with Gasteiger partial charge in [-0.25, -0.2) is 0 Å². The average molecular weight is 229 g/mol. The minimum Gasteiger partial charge on any atom is -0.387 e. The summed E-state index contributed by atoms with van der Waals surface area (Å²) in [5.41, 5.74) is 1.39. The van der Waals surface area contributed by atoms with E-state index in [-0.39, 0.29) is 6.10 Å². The van der Waals surface area contributed by atoms with Crippen LogP contribution in [-0.4, -0.2) is 5.11 Å². The Morgan fingerprint density at radius 2 is 2.36 bits per heavy atom. The van der Waals surface area contributed by atoms with Gasteiger partial charge in [0.05, 0.1) is 10.4 Å². The number of hydrogen-bond acceptors (Lipinski definition) is 2. The van der Waals surface area contributed by atoms with Gasteiger partial charge < -0.3 is 5.11 Å². The summed E-state index contributed by atoms with van der Waals surface area (Å²) in [5, 5.41) is 9.91. The van der Waals surface area contributed by atoms with Crippen LogP contribution >= 0.6 is 22.9 Å². The van der Waals surface area contributed by atoms with E-state index in [1.807, 2.05) is 12.1 Å². The molecule has 1 nitrogen and oxygen atoms in total. The van der Waals surface area contributed by atoms with Gasteiger partial charge in [0.15, 0.2) is 0 Å². The molecule has 0 saturated carbocycles. The molecule has 1 N–H and O–H groups in total. The van der Waals surface area contributed by atoms with E-state index in [2.05, 4.69) is 6.08 Å². The highest BCUT2D eigenvalue weighted by atomic mass is 35.5. The lowest BCUT2D eigenvalue weighted by Crippen LogP contribution is -1.95. The molecule has 0 fully saturated rings. The first-order chi connectivity index (χ1) is 6.75. The molecule has 0 bridgehead atoms. The third kappa shape index (κ3) is 2.38. The molecule has 1 unspecified atom stereocenters. The maximum absolute atomic E-state index is 9.91. The fourth-order valence-corrected chi connectivity index (χ4v) is 2.83. The van der Waals surface area contributed by atoms with Crippen LogP contribution in [0.15, 0.2) is 23.8 Å². The molecule has 0 saturated heterocycles. The minimum atomic E-state index is -0.364. The predicted octanol–water partition coefficient (Wildman–Crippen LogP) is 3.94. The Balaban J connectivity index is 1.98. The van der Waals surface area contributed by atoms with Gasteiger partial charge in [-0.15, -0.1) is 11.3 Å². The van der Waals surface area contributed by atoms with Crippen molar-refractivity contribution in [1.82, 2.24) is 0 Å². The van der Waals surface area contributed by atoms with Crippen LogP contribution < -0.4 is 0 Å². The van der Waals surface area contributed by atoms with Crippen molar-refractivity contribution < 1.29 is 5.11 Å². The average Bonchev–Trinajstić information content (AvgIpc) is 2.75. The molecule has 0 aromatic carbocycles. The summed E-state index contributed by atoms with van der Waals surface area (Å²) in [6.45, 7) is 0. The maximum Gasteiger partial charge on any atom is 0.0932 e. The third-order valence-corrected chi connectivity index (χ3v) is 3.85.